The first-order valence-corrected chi connectivity index (χ1v) is 4.44. The average Bonchev–Trinajstić information content (AvgIpc) is 2.03. The van der Waals surface area contributed by atoms with Crippen LogP contribution in [-0.2, 0) is 4.79 Å². The minimum Gasteiger partial charge on any atom is -0.388 e. The second-order valence-electron chi connectivity index (χ2n) is 4.49. The molecule has 2 nitrogen and oxygen atoms in total. The minimum atomic E-state index is -0.776. The van der Waals surface area contributed by atoms with Gasteiger partial charge in [-0.05, 0) is 5.41 Å². The quantitative estimate of drug-likeness (QED) is 0.624. The van der Waals surface area contributed by atoms with Crippen molar-refractivity contribution in [3.05, 3.63) is 24.3 Å². The summed E-state index contributed by atoms with van der Waals surface area (Å²) in [7, 11) is 0. The molecule has 0 heterocycles. The van der Waals surface area contributed by atoms with E-state index in [0.717, 1.165) is 6.29 Å². The second-order valence-corrected chi connectivity index (χ2v) is 4.49. The largest absolute Gasteiger partial charge is 0.388 e. The van der Waals surface area contributed by atoms with Gasteiger partial charge in [0.1, 0.15) is 6.29 Å². The van der Waals surface area contributed by atoms with E-state index in [1.165, 1.54) is 0 Å². The highest BCUT2D eigenvalue weighted by molar-refractivity contribution is 5.67. The standard InChI is InChI=1S/C11H16O2/c1-10(2,3)11(8-12)7-5-4-6-9(11)13/h4-9,13H,1-3H3. The number of carbonyl (C=O) groups is 1. The zero-order chi connectivity index (χ0) is 10.1. The summed E-state index contributed by atoms with van der Waals surface area (Å²) in [6, 6.07) is 0. The third-order valence-corrected chi connectivity index (χ3v) is 2.76. The molecule has 0 radical (unpaired) electrons. The number of carbonyl (C=O) groups excluding carboxylic acids is 1. The number of aliphatic hydroxyl groups is 1. The molecular formula is C11H16O2. The number of hydrogen-bond acceptors (Lipinski definition) is 2. The van der Waals surface area contributed by atoms with E-state index in [-0.39, 0.29) is 5.41 Å². The summed E-state index contributed by atoms with van der Waals surface area (Å²) in [6.45, 7) is 5.86. The van der Waals surface area contributed by atoms with Gasteiger partial charge in [0.15, 0.2) is 0 Å². The van der Waals surface area contributed by atoms with E-state index in [4.69, 9.17) is 0 Å². The monoisotopic (exact) mass is 180 g/mol. The van der Waals surface area contributed by atoms with Gasteiger partial charge in [-0.1, -0.05) is 45.1 Å². The Labute approximate surface area is 79.0 Å². The predicted octanol–water partition coefficient (Wildman–Crippen LogP) is 1.70. The lowest BCUT2D eigenvalue weighted by atomic mass is 9.63. The van der Waals surface area contributed by atoms with Crippen molar-refractivity contribution in [2.45, 2.75) is 26.9 Å². The Hall–Kier alpha value is -0.890. The Balaban J connectivity index is 3.14. The van der Waals surface area contributed by atoms with Gasteiger partial charge in [0, 0.05) is 0 Å². The first-order chi connectivity index (χ1) is 5.94. The fourth-order valence-electron chi connectivity index (χ4n) is 1.62. The van der Waals surface area contributed by atoms with Crippen LogP contribution in [0.3, 0.4) is 0 Å². The Morgan fingerprint density at radius 1 is 1.38 bits per heavy atom. The highest BCUT2D eigenvalue weighted by Gasteiger charge is 2.45. The average molecular weight is 180 g/mol. The van der Waals surface area contributed by atoms with E-state index in [0.29, 0.717) is 0 Å². The fraction of sp³-hybridized carbons (Fsp3) is 0.545. The van der Waals surface area contributed by atoms with Crippen LogP contribution in [0.25, 0.3) is 0 Å². The van der Waals surface area contributed by atoms with Gasteiger partial charge in [-0.25, -0.2) is 0 Å². The molecule has 0 aromatic rings. The molecule has 1 aliphatic rings. The summed E-state index contributed by atoms with van der Waals surface area (Å²) in [5, 5.41) is 9.79. The van der Waals surface area contributed by atoms with Crippen LogP contribution in [0.15, 0.2) is 24.3 Å². The van der Waals surface area contributed by atoms with Gasteiger partial charge in [-0.15, -0.1) is 0 Å². The van der Waals surface area contributed by atoms with E-state index >= 15 is 0 Å². The molecule has 0 bridgehead atoms. The normalized spacial score (nSPS) is 33.4. The van der Waals surface area contributed by atoms with Crippen LogP contribution in [0.4, 0.5) is 0 Å². The lowest BCUT2D eigenvalue weighted by Gasteiger charge is -2.41. The maximum absolute atomic E-state index is 11.1. The summed E-state index contributed by atoms with van der Waals surface area (Å²) in [4.78, 5) is 11.1. The molecule has 0 aromatic heterocycles. The molecule has 72 valence electrons. The van der Waals surface area contributed by atoms with Crippen LogP contribution in [-0.4, -0.2) is 17.5 Å². The Morgan fingerprint density at radius 2 is 2.00 bits per heavy atom. The van der Waals surface area contributed by atoms with Crippen molar-refractivity contribution in [2.24, 2.45) is 10.8 Å². The third-order valence-electron chi connectivity index (χ3n) is 2.76. The maximum Gasteiger partial charge on any atom is 0.133 e. The van der Waals surface area contributed by atoms with Gasteiger partial charge < -0.3 is 9.90 Å². The fourth-order valence-corrected chi connectivity index (χ4v) is 1.62. The van der Waals surface area contributed by atoms with Crippen LogP contribution >= 0.6 is 0 Å². The highest BCUT2D eigenvalue weighted by Crippen LogP contribution is 2.43. The maximum atomic E-state index is 11.1. The van der Waals surface area contributed by atoms with Crippen molar-refractivity contribution >= 4 is 6.29 Å². The molecule has 0 aliphatic heterocycles. The molecular weight excluding hydrogens is 164 g/mol. The van der Waals surface area contributed by atoms with Crippen molar-refractivity contribution in [1.29, 1.82) is 0 Å². The first-order valence-electron chi connectivity index (χ1n) is 4.44. The zero-order valence-corrected chi connectivity index (χ0v) is 8.32. The lowest BCUT2D eigenvalue weighted by molar-refractivity contribution is -0.124. The topological polar surface area (TPSA) is 37.3 Å². The molecule has 0 saturated carbocycles. The molecule has 13 heavy (non-hydrogen) atoms. The van der Waals surface area contributed by atoms with Crippen molar-refractivity contribution < 1.29 is 9.90 Å². The van der Waals surface area contributed by atoms with E-state index in [9.17, 15) is 9.90 Å². The molecule has 1 aliphatic carbocycles. The van der Waals surface area contributed by atoms with Crippen molar-refractivity contribution in [1.82, 2.24) is 0 Å². The molecule has 0 saturated heterocycles. The third kappa shape index (κ3) is 1.46. The summed E-state index contributed by atoms with van der Waals surface area (Å²) < 4.78 is 0. The first kappa shape index (κ1) is 10.2. The summed E-state index contributed by atoms with van der Waals surface area (Å²) in [5.74, 6) is 0. The number of hydrogen-bond donors (Lipinski definition) is 1. The number of allylic oxidation sites excluding steroid dienone is 2. The minimum absolute atomic E-state index is 0.268. The van der Waals surface area contributed by atoms with Gasteiger partial charge >= 0.3 is 0 Å². The smallest absolute Gasteiger partial charge is 0.133 e. The highest BCUT2D eigenvalue weighted by atomic mass is 16.3. The molecule has 2 unspecified atom stereocenters. The van der Waals surface area contributed by atoms with Gasteiger partial charge in [0.25, 0.3) is 0 Å². The van der Waals surface area contributed by atoms with Crippen LogP contribution in [0.1, 0.15) is 20.8 Å². The predicted molar refractivity (Wildman–Crippen MR) is 52.2 cm³/mol. The molecule has 0 aromatic carbocycles. The van der Waals surface area contributed by atoms with Crippen molar-refractivity contribution in [3.8, 4) is 0 Å². The van der Waals surface area contributed by atoms with E-state index in [1.54, 1.807) is 18.2 Å². The Morgan fingerprint density at radius 3 is 2.31 bits per heavy atom. The second kappa shape index (κ2) is 3.11. The Bertz CT molecular complexity index is 258. The summed E-state index contributed by atoms with van der Waals surface area (Å²) in [5.41, 5.74) is -1.04. The number of aliphatic hydroxyl groups excluding tert-OH is 1. The lowest BCUT2D eigenvalue weighted by Crippen LogP contribution is -2.45. The van der Waals surface area contributed by atoms with Crippen molar-refractivity contribution in [2.75, 3.05) is 0 Å². The molecule has 1 rings (SSSR count). The summed E-state index contributed by atoms with van der Waals surface area (Å²) in [6.07, 6.45) is 7.14. The van der Waals surface area contributed by atoms with Crippen LogP contribution in [0, 0.1) is 10.8 Å². The van der Waals surface area contributed by atoms with Gasteiger partial charge in [0.2, 0.25) is 0 Å². The molecule has 0 fully saturated rings. The molecule has 1 N–H and O–H groups in total. The number of aldehydes is 1. The van der Waals surface area contributed by atoms with Crippen LogP contribution < -0.4 is 0 Å². The van der Waals surface area contributed by atoms with E-state index < -0.39 is 11.5 Å². The van der Waals surface area contributed by atoms with Gasteiger partial charge in [0.05, 0.1) is 11.5 Å². The Kier molecular flexibility index (Phi) is 2.44. The zero-order valence-electron chi connectivity index (χ0n) is 8.32. The SMILES string of the molecule is CC(C)(C)C1(C=O)C=CC=CC1O. The van der Waals surface area contributed by atoms with Gasteiger partial charge in [-0.2, -0.15) is 0 Å². The van der Waals surface area contributed by atoms with E-state index in [2.05, 4.69) is 0 Å². The van der Waals surface area contributed by atoms with Gasteiger partial charge in [-0.3, -0.25) is 0 Å². The number of rotatable bonds is 1. The van der Waals surface area contributed by atoms with E-state index in [1.807, 2.05) is 26.8 Å². The molecule has 2 heteroatoms. The van der Waals surface area contributed by atoms with Crippen LogP contribution in [0.2, 0.25) is 0 Å². The molecule has 0 amide bonds. The van der Waals surface area contributed by atoms with Crippen LogP contribution in [0.5, 0.6) is 0 Å². The van der Waals surface area contributed by atoms with Crippen molar-refractivity contribution in [3.63, 3.8) is 0 Å². The summed E-state index contributed by atoms with van der Waals surface area (Å²) >= 11 is 0. The molecule has 0 spiro atoms. The molecule has 2 atom stereocenters.